The normalized spacial score (nSPS) is 18.7. The summed E-state index contributed by atoms with van der Waals surface area (Å²) >= 11 is 0. The molecular formula is C23H16F3N7O. The Labute approximate surface area is 190 Å². The number of allylic oxidation sites excluding steroid dienone is 1. The van der Waals surface area contributed by atoms with Gasteiger partial charge in [0.25, 0.3) is 0 Å². The summed E-state index contributed by atoms with van der Waals surface area (Å²) in [7, 11) is 0. The van der Waals surface area contributed by atoms with Crippen LogP contribution < -0.4 is 10.6 Å². The van der Waals surface area contributed by atoms with Crippen LogP contribution in [-0.4, -0.2) is 30.6 Å². The second-order valence-electron chi connectivity index (χ2n) is 8.54. The summed E-state index contributed by atoms with van der Waals surface area (Å²) in [5, 5.41) is 10.6. The van der Waals surface area contributed by atoms with Crippen molar-refractivity contribution in [1.82, 2.24) is 24.7 Å². The minimum absolute atomic E-state index is 0.0886. The number of carbonyl (C=O) groups excluding carboxylic acids is 1. The van der Waals surface area contributed by atoms with E-state index in [1.807, 2.05) is 0 Å². The second-order valence-corrected chi connectivity index (χ2v) is 8.54. The van der Waals surface area contributed by atoms with Gasteiger partial charge in [-0.15, -0.1) is 0 Å². The number of nitrogens with one attached hydrogen (secondary N) is 2. The van der Waals surface area contributed by atoms with Crippen LogP contribution in [-0.2, 0) is 16.8 Å². The molecule has 2 aliphatic heterocycles. The minimum atomic E-state index is -0.858. The van der Waals surface area contributed by atoms with Crippen molar-refractivity contribution >= 4 is 28.6 Å². The van der Waals surface area contributed by atoms with Gasteiger partial charge in [-0.1, -0.05) is 12.6 Å². The summed E-state index contributed by atoms with van der Waals surface area (Å²) in [6, 6.07) is 4.76. The van der Waals surface area contributed by atoms with Crippen LogP contribution in [0.1, 0.15) is 24.5 Å². The Balaban J connectivity index is 1.55. The summed E-state index contributed by atoms with van der Waals surface area (Å²) in [6.07, 6.45) is 1.38. The third-order valence-corrected chi connectivity index (χ3v) is 6.19. The van der Waals surface area contributed by atoms with Gasteiger partial charge in [0, 0.05) is 17.7 Å². The van der Waals surface area contributed by atoms with Gasteiger partial charge in [0.15, 0.2) is 11.5 Å². The quantitative estimate of drug-likeness (QED) is 0.479. The molecule has 2 N–H and O–H groups in total. The zero-order valence-electron chi connectivity index (χ0n) is 17.8. The van der Waals surface area contributed by atoms with Gasteiger partial charge >= 0.3 is 0 Å². The highest BCUT2D eigenvalue weighted by Crippen LogP contribution is 2.48. The van der Waals surface area contributed by atoms with Crippen LogP contribution in [0.5, 0.6) is 0 Å². The Morgan fingerprint density at radius 2 is 1.85 bits per heavy atom. The maximum Gasteiger partial charge on any atom is 0.236 e. The lowest BCUT2D eigenvalue weighted by molar-refractivity contribution is -0.120. The van der Waals surface area contributed by atoms with Gasteiger partial charge in [0.2, 0.25) is 5.91 Å². The first-order valence-corrected chi connectivity index (χ1v) is 10.4. The fourth-order valence-corrected chi connectivity index (χ4v) is 4.58. The Bertz CT molecular complexity index is 1540. The Kier molecular flexibility index (Phi) is 4.10. The van der Waals surface area contributed by atoms with Crippen molar-refractivity contribution in [2.45, 2.75) is 25.3 Å². The summed E-state index contributed by atoms with van der Waals surface area (Å²) in [6.45, 7) is 5.45. The number of hydrogen-bond acceptors (Lipinski definition) is 6. The van der Waals surface area contributed by atoms with Gasteiger partial charge in [-0.25, -0.2) is 32.8 Å². The molecule has 1 amide bonds. The Hall–Kier alpha value is -4.28. The molecule has 5 heterocycles. The summed E-state index contributed by atoms with van der Waals surface area (Å²) in [4.78, 5) is 25.8. The highest BCUT2D eigenvalue weighted by atomic mass is 19.1. The lowest BCUT2D eigenvalue weighted by atomic mass is 9.78. The Morgan fingerprint density at radius 3 is 2.59 bits per heavy atom. The van der Waals surface area contributed by atoms with Crippen LogP contribution in [0.3, 0.4) is 0 Å². The molecule has 0 spiro atoms. The zero-order chi connectivity index (χ0) is 23.8. The second kappa shape index (κ2) is 6.86. The number of rotatable bonds is 3. The fraction of sp³-hybridized carbons (Fsp3) is 0.174. The van der Waals surface area contributed by atoms with Gasteiger partial charge < -0.3 is 10.6 Å². The number of nitrogens with zero attached hydrogens (tertiary/aromatic N) is 5. The van der Waals surface area contributed by atoms with Gasteiger partial charge in [0.1, 0.15) is 34.8 Å². The SMILES string of the molecule is C=C1C[C@]2(C)C(=O)Nc3nc(-c4nn(Cc5c(F)cccc5F)c5ncc(F)cc45)nc(c32)N1. The third kappa shape index (κ3) is 2.82. The van der Waals surface area contributed by atoms with Crippen molar-refractivity contribution in [1.29, 1.82) is 0 Å². The maximum absolute atomic E-state index is 14.3. The summed E-state index contributed by atoms with van der Waals surface area (Å²) < 4.78 is 44.0. The van der Waals surface area contributed by atoms with E-state index < -0.39 is 22.9 Å². The molecule has 0 aliphatic carbocycles. The molecule has 3 aromatic heterocycles. The molecule has 0 radical (unpaired) electrons. The number of fused-ring (bicyclic) bond motifs is 1. The first-order valence-electron chi connectivity index (χ1n) is 10.4. The molecule has 170 valence electrons. The van der Waals surface area contributed by atoms with Gasteiger partial charge in [-0.2, -0.15) is 5.10 Å². The number of aromatic nitrogens is 5. The average molecular weight is 463 g/mol. The molecule has 0 unspecified atom stereocenters. The average Bonchev–Trinajstić information content (AvgIpc) is 3.25. The van der Waals surface area contributed by atoms with E-state index in [1.165, 1.54) is 16.8 Å². The number of hydrogen-bond donors (Lipinski definition) is 2. The number of pyridine rings is 1. The zero-order valence-corrected chi connectivity index (χ0v) is 17.8. The van der Waals surface area contributed by atoms with Crippen LogP contribution in [0, 0.1) is 17.5 Å². The minimum Gasteiger partial charge on any atom is -0.344 e. The number of amides is 1. The first-order chi connectivity index (χ1) is 16.2. The smallest absolute Gasteiger partial charge is 0.236 e. The van der Waals surface area contributed by atoms with Crippen LogP contribution in [0.4, 0.5) is 24.8 Å². The molecule has 6 rings (SSSR count). The van der Waals surface area contributed by atoms with Crippen LogP contribution in [0.25, 0.3) is 22.6 Å². The summed E-state index contributed by atoms with van der Waals surface area (Å²) in [5.41, 5.74) is 0.510. The van der Waals surface area contributed by atoms with E-state index in [2.05, 4.69) is 37.3 Å². The molecule has 1 atom stereocenters. The summed E-state index contributed by atoms with van der Waals surface area (Å²) in [5.74, 6) is -1.53. The van der Waals surface area contributed by atoms with E-state index >= 15 is 0 Å². The van der Waals surface area contributed by atoms with E-state index in [1.54, 1.807) is 6.92 Å². The largest absolute Gasteiger partial charge is 0.344 e. The number of anilines is 2. The van der Waals surface area contributed by atoms with Crippen molar-refractivity contribution in [3.63, 3.8) is 0 Å². The van der Waals surface area contributed by atoms with E-state index in [0.29, 0.717) is 29.3 Å². The van der Waals surface area contributed by atoms with Crippen molar-refractivity contribution in [3.8, 4) is 11.5 Å². The molecule has 0 saturated carbocycles. The van der Waals surface area contributed by atoms with Crippen molar-refractivity contribution in [2.75, 3.05) is 10.6 Å². The molecule has 11 heteroatoms. The topological polar surface area (TPSA) is 97.6 Å². The number of carbonyl (C=O) groups is 1. The molecule has 34 heavy (non-hydrogen) atoms. The maximum atomic E-state index is 14.3. The molecule has 4 aromatic rings. The molecule has 1 aromatic carbocycles. The van der Waals surface area contributed by atoms with Gasteiger partial charge in [-0.05, 0) is 25.1 Å². The highest BCUT2D eigenvalue weighted by Gasteiger charge is 2.49. The number of benzene rings is 1. The van der Waals surface area contributed by atoms with Crippen molar-refractivity contribution in [3.05, 3.63) is 71.3 Å². The number of halogens is 3. The fourth-order valence-electron chi connectivity index (χ4n) is 4.58. The van der Waals surface area contributed by atoms with E-state index in [4.69, 9.17) is 0 Å². The standard InChI is InChI=1S/C23H16F3N7O/c1-10-7-23(2)16-18(28-10)29-20(30-19(16)31-22(23)34)17-12-6-11(24)8-27-21(12)33(32-17)9-13-14(25)4-3-5-15(13)26/h3-6,8H,1,7,9H2,2H3,(H2,28,29,30,31,34)/t23-/m0/s1. The monoisotopic (exact) mass is 463 g/mol. The molecule has 2 aliphatic rings. The van der Waals surface area contributed by atoms with E-state index in [0.717, 1.165) is 18.3 Å². The predicted molar refractivity (Wildman–Crippen MR) is 117 cm³/mol. The van der Waals surface area contributed by atoms with Crippen molar-refractivity contribution in [2.24, 2.45) is 0 Å². The molecule has 0 bridgehead atoms. The lowest BCUT2D eigenvalue weighted by Gasteiger charge is -2.30. The molecule has 0 fully saturated rings. The molecular weight excluding hydrogens is 447 g/mol. The predicted octanol–water partition coefficient (Wildman–Crippen LogP) is 3.89. The van der Waals surface area contributed by atoms with E-state index in [9.17, 15) is 18.0 Å². The lowest BCUT2D eigenvalue weighted by Crippen LogP contribution is -2.35. The van der Waals surface area contributed by atoms with Crippen molar-refractivity contribution < 1.29 is 18.0 Å². The van der Waals surface area contributed by atoms with Gasteiger partial charge in [0.05, 0.1) is 29.1 Å². The first kappa shape index (κ1) is 20.3. The molecule has 0 saturated heterocycles. The highest BCUT2D eigenvalue weighted by molar-refractivity contribution is 6.08. The Morgan fingerprint density at radius 1 is 1.15 bits per heavy atom. The van der Waals surface area contributed by atoms with Crippen LogP contribution in [0.2, 0.25) is 0 Å². The van der Waals surface area contributed by atoms with Crippen LogP contribution >= 0.6 is 0 Å². The van der Waals surface area contributed by atoms with Crippen LogP contribution in [0.15, 0.2) is 42.7 Å². The van der Waals surface area contributed by atoms with E-state index in [-0.39, 0.29) is 40.6 Å². The third-order valence-electron chi connectivity index (χ3n) is 6.19. The molecule has 8 nitrogen and oxygen atoms in total. The van der Waals surface area contributed by atoms with Gasteiger partial charge in [-0.3, -0.25) is 4.79 Å².